The number of carboxylic acid groups (broad SMARTS) is 1. The number of hydrogen-bond donors (Lipinski definition) is 1. The Morgan fingerprint density at radius 1 is 1.47 bits per heavy atom. The van der Waals surface area contributed by atoms with Crippen LogP contribution in [0.5, 0.6) is 0 Å². The van der Waals surface area contributed by atoms with Crippen LogP contribution in [0.15, 0.2) is 4.52 Å². The van der Waals surface area contributed by atoms with Crippen molar-refractivity contribution in [1.29, 1.82) is 0 Å². The average Bonchev–Trinajstić information content (AvgIpc) is 2.97. The third-order valence-electron chi connectivity index (χ3n) is 2.54. The molecule has 1 aliphatic rings. The third-order valence-corrected chi connectivity index (χ3v) is 2.54. The summed E-state index contributed by atoms with van der Waals surface area (Å²) in [6, 6.07) is 0. The molecule has 1 aromatic heterocycles. The van der Waals surface area contributed by atoms with E-state index in [1.807, 2.05) is 0 Å². The van der Waals surface area contributed by atoms with Crippen molar-refractivity contribution in [1.82, 2.24) is 15.0 Å². The van der Waals surface area contributed by atoms with E-state index >= 15 is 0 Å². The fourth-order valence-corrected chi connectivity index (χ4v) is 1.64. The van der Waals surface area contributed by atoms with Crippen LogP contribution >= 0.6 is 0 Å². The minimum absolute atomic E-state index is 0.0763. The van der Waals surface area contributed by atoms with Crippen LogP contribution in [0, 0.1) is 0 Å². The van der Waals surface area contributed by atoms with Crippen molar-refractivity contribution < 1.29 is 27.6 Å². The highest BCUT2D eigenvalue weighted by atomic mass is 19.4. The molecule has 0 spiro atoms. The second-order valence-corrected chi connectivity index (χ2v) is 4.48. The van der Waals surface area contributed by atoms with Crippen LogP contribution in [0.25, 0.3) is 0 Å². The predicted molar refractivity (Wildman–Crippen MR) is 55.2 cm³/mol. The van der Waals surface area contributed by atoms with E-state index in [2.05, 4.69) is 10.1 Å². The van der Waals surface area contributed by atoms with Crippen LogP contribution in [0.1, 0.15) is 30.5 Å². The van der Waals surface area contributed by atoms with Gasteiger partial charge in [-0.3, -0.25) is 9.69 Å². The lowest BCUT2D eigenvalue weighted by atomic mass is 10.4. The highest BCUT2D eigenvalue weighted by Gasteiger charge is 2.33. The molecule has 6 nitrogen and oxygen atoms in total. The normalized spacial score (nSPS) is 16.0. The summed E-state index contributed by atoms with van der Waals surface area (Å²) in [5.41, 5.74) is 0. The summed E-state index contributed by atoms with van der Waals surface area (Å²) in [4.78, 5) is 15.2. The number of carboxylic acids is 1. The Morgan fingerprint density at radius 2 is 2.16 bits per heavy atom. The van der Waals surface area contributed by atoms with E-state index in [1.165, 1.54) is 0 Å². The Kier molecular flexibility index (Phi) is 3.74. The van der Waals surface area contributed by atoms with Gasteiger partial charge in [-0.15, -0.1) is 0 Å². The summed E-state index contributed by atoms with van der Waals surface area (Å²) in [5, 5.41) is 12.2. The summed E-state index contributed by atoms with van der Waals surface area (Å²) >= 11 is 0. The minimum Gasteiger partial charge on any atom is -0.480 e. The van der Waals surface area contributed by atoms with Gasteiger partial charge in [0.25, 0.3) is 0 Å². The summed E-state index contributed by atoms with van der Waals surface area (Å²) in [6.07, 6.45) is -2.61. The lowest BCUT2D eigenvalue weighted by molar-refractivity contribution is -0.155. The second kappa shape index (κ2) is 5.16. The van der Waals surface area contributed by atoms with Gasteiger partial charge in [0.15, 0.2) is 5.82 Å². The SMILES string of the molecule is O=C(O)CN(Cc1noc(C2CC2)n1)CC(F)(F)F. The van der Waals surface area contributed by atoms with Crippen molar-refractivity contribution in [3.05, 3.63) is 11.7 Å². The molecular formula is C10H12F3N3O3. The quantitative estimate of drug-likeness (QED) is 0.847. The zero-order chi connectivity index (χ0) is 14.0. The van der Waals surface area contributed by atoms with Gasteiger partial charge in [0.2, 0.25) is 5.89 Å². The molecule has 106 valence electrons. The number of nitrogens with zero attached hydrogens (tertiary/aromatic N) is 3. The Morgan fingerprint density at radius 3 is 2.68 bits per heavy atom. The zero-order valence-electron chi connectivity index (χ0n) is 9.85. The molecule has 1 aliphatic carbocycles. The van der Waals surface area contributed by atoms with Gasteiger partial charge in [-0.05, 0) is 12.8 Å². The first-order chi connectivity index (χ1) is 8.83. The molecule has 0 radical (unpaired) electrons. The fourth-order valence-electron chi connectivity index (χ4n) is 1.64. The topological polar surface area (TPSA) is 79.5 Å². The first-order valence-electron chi connectivity index (χ1n) is 5.67. The molecule has 0 saturated heterocycles. The van der Waals surface area contributed by atoms with E-state index in [0.717, 1.165) is 12.8 Å². The first kappa shape index (κ1) is 13.8. The maximum atomic E-state index is 12.3. The molecule has 0 aliphatic heterocycles. The Balaban J connectivity index is 1.98. The molecule has 1 fully saturated rings. The van der Waals surface area contributed by atoms with E-state index in [-0.39, 0.29) is 18.3 Å². The van der Waals surface area contributed by atoms with Gasteiger partial charge < -0.3 is 9.63 Å². The van der Waals surface area contributed by atoms with Crippen molar-refractivity contribution in [3.8, 4) is 0 Å². The summed E-state index contributed by atoms with van der Waals surface area (Å²) in [5.74, 6) is -0.642. The third kappa shape index (κ3) is 4.51. The molecule has 2 rings (SSSR count). The smallest absolute Gasteiger partial charge is 0.401 e. The van der Waals surface area contributed by atoms with E-state index in [1.54, 1.807) is 0 Å². The first-order valence-corrected chi connectivity index (χ1v) is 5.67. The number of rotatable bonds is 6. The standard InChI is InChI=1S/C10H12F3N3O3/c11-10(12,13)5-16(4-8(17)18)3-7-14-9(19-15-7)6-1-2-6/h6H,1-5H2,(H,17,18). The van der Waals surface area contributed by atoms with Crippen molar-refractivity contribution in [3.63, 3.8) is 0 Å². The number of aromatic nitrogens is 2. The minimum atomic E-state index is -4.47. The Hall–Kier alpha value is -1.64. The van der Waals surface area contributed by atoms with Crippen LogP contribution in [0.4, 0.5) is 13.2 Å². The molecule has 0 atom stereocenters. The highest BCUT2D eigenvalue weighted by molar-refractivity contribution is 5.69. The summed E-state index contributed by atoms with van der Waals surface area (Å²) in [6.45, 7) is -2.36. The van der Waals surface area contributed by atoms with Gasteiger partial charge in [-0.2, -0.15) is 18.2 Å². The highest BCUT2D eigenvalue weighted by Crippen LogP contribution is 2.38. The summed E-state index contributed by atoms with van der Waals surface area (Å²) < 4.78 is 41.8. The van der Waals surface area contributed by atoms with E-state index in [9.17, 15) is 18.0 Å². The maximum Gasteiger partial charge on any atom is 0.401 e. The number of hydrogen-bond acceptors (Lipinski definition) is 5. The molecular weight excluding hydrogens is 267 g/mol. The van der Waals surface area contributed by atoms with Gasteiger partial charge in [-0.25, -0.2) is 0 Å². The number of carbonyl (C=O) groups is 1. The maximum absolute atomic E-state index is 12.3. The molecule has 19 heavy (non-hydrogen) atoms. The van der Waals surface area contributed by atoms with E-state index in [4.69, 9.17) is 9.63 Å². The van der Waals surface area contributed by atoms with Crippen LogP contribution in [0.3, 0.4) is 0 Å². The Labute approximate surface area is 106 Å². The average molecular weight is 279 g/mol. The molecule has 9 heteroatoms. The van der Waals surface area contributed by atoms with Gasteiger partial charge >= 0.3 is 12.1 Å². The molecule has 0 unspecified atom stereocenters. The van der Waals surface area contributed by atoms with Crippen LogP contribution < -0.4 is 0 Å². The second-order valence-electron chi connectivity index (χ2n) is 4.48. The largest absolute Gasteiger partial charge is 0.480 e. The predicted octanol–water partition coefficient (Wildman–Crippen LogP) is 1.40. The van der Waals surface area contributed by atoms with Crippen molar-refractivity contribution >= 4 is 5.97 Å². The molecule has 1 heterocycles. The van der Waals surface area contributed by atoms with Gasteiger partial charge in [0.05, 0.1) is 19.6 Å². The zero-order valence-corrected chi connectivity index (χ0v) is 9.85. The Bertz CT molecular complexity index is 456. The van der Waals surface area contributed by atoms with Crippen molar-refractivity contribution in [2.24, 2.45) is 0 Å². The van der Waals surface area contributed by atoms with Gasteiger partial charge in [-0.1, -0.05) is 5.16 Å². The molecule has 0 bridgehead atoms. The fraction of sp³-hybridized carbons (Fsp3) is 0.700. The molecule has 0 aromatic carbocycles. The lowest BCUT2D eigenvalue weighted by Crippen LogP contribution is -2.37. The van der Waals surface area contributed by atoms with Crippen molar-refractivity contribution in [2.75, 3.05) is 13.1 Å². The van der Waals surface area contributed by atoms with Crippen molar-refractivity contribution in [2.45, 2.75) is 31.5 Å². The molecule has 1 aromatic rings. The van der Waals surface area contributed by atoms with Crippen LogP contribution in [-0.4, -0.2) is 45.4 Å². The molecule has 1 saturated carbocycles. The summed E-state index contributed by atoms with van der Waals surface area (Å²) in [7, 11) is 0. The monoisotopic (exact) mass is 279 g/mol. The number of aliphatic carboxylic acids is 1. The van der Waals surface area contributed by atoms with Crippen LogP contribution in [-0.2, 0) is 11.3 Å². The molecule has 1 N–H and O–H groups in total. The van der Waals surface area contributed by atoms with E-state index < -0.39 is 25.2 Å². The van der Waals surface area contributed by atoms with E-state index in [0.29, 0.717) is 10.8 Å². The van der Waals surface area contributed by atoms with Gasteiger partial charge in [0.1, 0.15) is 0 Å². The number of alkyl halides is 3. The lowest BCUT2D eigenvalue weighted by Gasteiger charge is -2.19. The van der Waals surface area contributed by atoms with Crippen LogP contribution in [0.2, 0.25) is 0 Å². The van der Waals surface area contributed by atoms with Gasteiger partial charge in [0, 0.05) is 5.92 Å². The number of halogens is 3. The molecule has 0 amide bonds.